The monoisotopic (exact) mass is 386 g/mol. The van der Waals surface area contributed by atoms with Crippen molar-refractivity contribution < 1.29 is 14.3 Å². The van der Waals surface area contributed by atoms with Crippen LogP contribution in [0.25, 0.3) is 5.57 Å². The molecule has 0 saturated carbocycles. The minimum atomic E-state index is -0.329. The Labute approximate surface area is 171 Å². The third-order valence-corrected chi connectivity index (χ3v) is 4.99. The van der Waals surface area contributed by atoms with Crippen LogP contribution in [-0.4, -0.2) is 20.2 Å². The lowest BCUT2D eigenvalue weighted by Crippen LogP contribution is -1.93. The number of hydrogen-bond donors (Lipinski definition) is 0. The number of benzene rings is 1. The van der Waals surface area contributed by atoms with E-state index in [1.165, 1.54) is 88.5 Å². The molecule has 0 spiro atoms. The fraction of sp³-hybridized carbons (Fsp3) is 0.560. The second-order valence-corrected chi connectivity index (χ2v) is 7.23. The van der Waals surface area contributed by atoms with E-state index in [0.717, 1.165) is 12.2 Å². The smallest absolute Gasteiger partial charge is 0.330 e. The van der Waals surface area contributed by atoms with Crippen molar-refractivity contribution in [2.75, 3.05) is 14.2 Å². The SMILES string of the molecule is CCCCCCCCCCCC/C(=C/C=C/C(=O)OC)c1ccc(OC)cc1. The van der Waals surface area contributed by atoms with Crippen molar-refractivity contribution in [3.63, 3.8) is 0 Å². The summed E-state index contributed by atoms with van der Waals surface area (Å²) in [6.45, 7) is 2.26. The quantitative estimate of drug-likeness (QED) is 0.139. The van der Waals surface area contributed by atoms with Gasteiger partial charge in [0.05, 0.1) is 14.2 Å². The highest BCUT2D eigenvalue weighted by Gasteiger charge is 2.03. The van der Waals surface area contributed by atoms with Crippen LogP contribution in [0.4, 0.5) is 0 Å². The molecule has 0 amide bonds. The van der Waals surface area contributed by atoms with Gasteiger partial charge < -0.3 is 9.47 Å². The maximum Gasteiger partial charge on any atom is 0.330 e. The van der Waals surface area contributed by atoms with Gasteiger partial charge in [-0.05, 0) is 36.1 Å². The van der Waals surface area contributed by atoms with E-state index >= 15 is 0 Å². The fourth-order valence-electron chi connectivity index (χ4n) is 3.24. The van der Waals surface area contributed by atoms with Gasteiger partial charge in [-0.2, -0.15) is 0 Å². The summed E-state index contributed by atoms with van der Waals surface area (Å²) in [5.41, 5.74) is 2.41. The van der Waals surface area contributed by atoms with Gasteiger partial charge >= 0.3 is 5.97 Å². The first-order chi connectivity index (χ1) is 13.7. The van der Waals surface area contributed by atoms with Crippen LogP contribution in [0.3, 0.4) is 0 Å². The standard InChI is InChI=1S/C25H38O3/c1-4-5-6-7-8-9-10-11-12-13-15-22(16-14-17-25(26)28-3)23-18-20-24(27-2)21-19-23/h14,16-21H,4-13,15H2,1-3H3/b17-14+,22-16-. The molecular formula is C25H38O3. The van der Waals surface area contributed by atoms with Gasteiger partial charge in [-0.3, -0.25) is 0 Å². The largest absolute Gasteiger partial charge is 0.497 e. The summed E-state index contributed by atoms with van der Waals surface area (Å²) in [5.74, 6) is 0.524. The van der Waals surface area contributed by atoms with E-state index in [1.807, 2.05) is 18.2 Å². The van der Waals surface area contributed by atoms with Crippen molar-refractivity contribution in [3.05, 3.63) is 48.1 Å². The van der Waals surface area contributed by atoms with Crippen molar-refractivity contribution in [1.29, 1.82) is 0 Å². The van der Waals surface area contributed by atoms with Gasteiger partial charge in [0.15, 0.2) is 0 Å². The van der Waals surface area contributed by atoms with Gasteiger partial charge in [-0.15, -0.1) is 0 Å². The molecule has 0 saturated heterocycles. The summed E-state index contributed by atoms with van der Waals surface area (Å²) in [4.78, 5) is 11.3. The number of unbranched alkanes of at least 4 members (excludes halogenated alkanes) is 9. The molecule has 156 valence electrons. The molecule has 0 aliphatic carbocycles. The molecule has 0 N–H and O–H groups in total. The van der Waals surface area contributed by atoms with Crippen molar-refractivity contribution in [2.45, 2.75) is 77.6 Å². The normalized spacial score (nSPS) is 11.8. The molecule has 1 rings (SSSR count). The number of methoxy groups -OCH3 is 2. The zero-order valence-electron chi connectivity index (χ0n) is 18.0. The van der Waals surface area contributed by atoms with E-state index in [2.05, 4.69) is 23.8 Å². The Morgan fingerprint density at radius 1 is 0.857 bits per heavy atom. The Kier molecular flexibility index (Phi) is 13.7. The van der Waals surface area contributed by atoms with Gasteiger partial charge in [0.2, 0.25) is 0 Å². The van der Waals surface area contributed by atoms with E-state index in [1.54, 1.807) is 13.2 Å². The van der Waals surface area contributed by atoms with Gasteiger partial charge in [0.25, 0.3) is 0 Å². The molecule has 1 aromatic carbocycles. The molecule has 0 aliphatic heterocycles. The number of carbonyl (C=O) groups is 1. The summed E-state index contributed by atoms with van der Waals surface area (Å²) >= 11 is 0. The van der Waals surface area contributed by atoms with Crippen molar-refractivity contribution in [1.82, 2.24) is 0 Å². The van der Waals surface area contributed by atoms with Gasteiger partial charge in [-0.25, -0.2) is 4.79 Å². The molecule has 0 bridgehead atoms. The van der Waals surface area contributed by atoms with Gasteiger partial charge in [0, 0.05) is 6.08 Å². The molecule has 0 aliphatic rings. The minimum absolute atomic E-state index is 0.329. The number of rotatable bonds is 15. The third-order valence-electron chi connectivity index (χ3n) is 4.99. The van der Waals surface area contributed by atoms with Gasteiger partial charge in [0.1, 0.15) is 5.75 Å². The van der Waals surface area contributed by atoms with E-state index in [0.29, 0.717) is 0 Å². The second kappa shape index (κ2) is 16.0. The molecule has 3 nitrogen and oxygen atoms in total. The summed E-state index contributed by atoms with van der Waals surface area (Å²) in [6.07, 6.45) is 19.6. The maximum atomic E-state index is 11.3. The first-order valence-electron chi connectivity index (χ1n) is 10.8. The van der Waals surface area contributed by atoms with Crippen LogP contribution in [0.2, 0.25) is 0 Å². The lowest BCUT2D eigenvalue weighted by molar-refractivity contribution is -0.134. The van der Waals surface area contributed by atoms with E-state index in [-0.39, 0.29) is 5.97 Å². The van der Waals surface area contributed by atoms with Crippen molar-refractivity contribution in [2.24, 2.45) is 0 Å². The Bertz CT molecular complexity index is 584. The predicted octanol–water partition coefficient (Wildman–Crippen LogP) is 7.12. The summed E-state index contributed by atoms with van der Waals surface area (Å²) in [6, 6.07) is 8.11. The Balaban J connectivity index is 2.44. The zero-order chi connectivity index (χ0) is 20.5. The van der Waals surface area contributed by atoms with Crippen LogP contribution in [0.15, 0.2) is 42.5 Å². The van der Waals surface area contributed by atoms with Crippen LogP contribution in [0.1, 0.15) is 83.1 Å². The summed E-state index contributed by atoms with van der Waals surface area (Å²) in [7, 11) is 3.07. The molecule has 3 heteroatoms. The molecule has 0 unspecified atom stereocenters. The van der Waals surface area contributed by atoms with Gasteiger partial charge in [-0.1, -0.05) is 89.0 Å². The first-order valence-corrected chi connectivity index (χ1v) is 10.8. The number of ether oxygens (including phenoxy) is 2. The molecule has 0 fully saturated rings. The lowest BCUT2D eigenvalue weighted by Gasteiger charge is -2.09. The molecule has 0 radical (unpaired) electrons. The minimum Gasteiger partial charge on any atom is -0.497 e. The number of carbonyl (C=O) groups excluding carboxylic acids is 1. The maximum absolute atomic E-state index is 11.3. The Morgan fingerprint density at radius 2 is 1.43 bits per heavy atom. The van der Waals surface area contributed by atoms with Crippen LogP contribution in [0.5, 0.6) is 5.75 Å². The molecule has 28 heavy (non-hydrogen) atoms. The second-order valence-electron chi connectivity index (χ2n) is 7.23. The van der Waals surface area contributed by atoms with Crippen LogP contribution >= 0.6 is 0 Å². The van der Waals surface area contributed by atoms with Crippen LogP contribution < -0.4 is 4.74 Å². The van der Waals surface area contributed by atoms with Crippen LogP contribution in [0, 0.1) is 0 Å². The predicted molar refractivity (Wildman–Crippen MR) is 119 cm³/mol. The topological polar surface area (TPSA) is 35.5 Å². The molecule has 1 aromatic rings. The number of esters is 1. The molecule has 0 atom stereocenters. The van der Waals surface area contributed by atoms with E-state index in [4.69, 9.17) is 4.74 Å². The van der Waals surface area contributed by atoms with E-state index in [9.17, 15) is 4.79 Å². The van der Waals surface area contributed by atoms with Crippen LogP contribution in [-0.2, 0) is 9.53 Å². The number of allylic oxidation sites excluding steroid dienone is 3. The average molecular weight is 387 g/mol. The van der Waals surface area contributed by atoms with Crippen molar-refractivity contribution >= 4 is 11.5 Å². The highest BCUT2D eigenvalue weighted by molar-refractivity contribution is 5.82. The fourth-order valence-corrected chi connectivity index (χ4v) is 3.24. The molecule has 0 aromatic heterocycles. The highest BCUT2D eigenvalue weighted by Crippen LogP contribution is 2.24. The first kappa shape index (κ1) is 24.0. The zero-order valence-corrected chi connectivity index (χ0v) is 18.0. The van der Waals surface area contributed by atoms with Crippen molar-refractivity contribution in [3.8, 4) is 5.75 Å². The lowest BCUT2D eigenvalue weighted by atomic mass is 9.98. The Morgan fingerprint density at radius 3 is 1.96 bits per heavy atom. The molecule has 0 heterocycles. The third kappa shape index (κ3) is 11.0. The van der Waals surface area contributed by atoms with E-state index < -0.39 is 0 Å². The summed E-state index contributed by atoms with van der Waals surface area (Å²) < 4.78 is 9.91. The Hall–Kier alpha value is -2.03. The molecular weight excluding hydrogens is 348 g/mol. The highest BCUT2D eigenvalue weighted by atomic mass is 16.5. The average Bonchev–Trinajstić information content (AvgIpc) is 2.73. The summed E-state index contributed by atoms with van der Waals surface area (Å²) in [5, 5.41) is 0. The number of hydrogen-bond acceptors (Lipinski definition) is 3.